The van der Waals surface area contributed by atoms with Crippen LogP contribution in [0.1, 0.15) is 38.5 Å². The molecule has 1 amide bonds. The van der Waals surface area contributed by atoms with Gasteiger partial charge in [-0.15, -0.1) is 0 Å². The fraction of sp³-hybridized carbons (Fsp3) is 0.800. The molecule has 0 aliphatic heterocycles. The van der Waals surface area contributed by atoms with Crippen molar-refractivity contribution in [1.29, 1.82) is 0 Å². The van der Waals surface area contributed by atoms with E-state index in [1.807, 2.05) is 0 Å². The van der Waals surface area contributed by atoms with Crippen LogP contribution in [0.5, 0.6) is 0 Å². The lowest BCUT2D eigenvalue weighted by molar-refractivity contribution is -0.116. The van der Waals surface area contributed by atoms with Gasteiger partial charge in [-0.05, 0) is 38.0 Å². The summed E-state index contributed by atoms with van der Waals surface area (Å²) in [6.45, 7) is 0. The Balaban J connectivity index is 1.90. The molecule has 0 unspecified atom stereocenters. The first kappa shape index (κ1) is 9.90. The van der Waals surface area contributed by atoms with Crippen molar-refractivity contribution in [2.75, 3.05) is 0 Å². The minimum Gasteiger partial charge on any atom is -0.374 e. The Hall–Kier alpha value is -0.640. The van der Waals surface area contributed by atoms with Crippen LogP contribution < -0.4 is 11.1 Å². The van der Waals surface area contributed by atoms with E-state index >= 15 is 0 Å². The van der Waals surface area contributed by atoms with Crippen molar-refractivity contribution in [2.45, 2.75) is 44.1 Å². The van der Waals surface area contributed by atoms with Gasteiger partial charge in [0, 0.05) is 5.54 Å². The number of amides is 1. The molecular weight excluding hydrogens is 196 g/mol. The number of rotatable bonds is 3. The molecule has 2 aliphatic rings. The lowest BCUT2D eigenvalue weighted by Gasteiger charge is -2.29. The van der Waals surface area contributed by atoms with Crippen molar-refractivity contribution < 1.29 is 4.79 Å². The van der Waals surface area contributed by atoms with Gasteiger partial charge in [-0.25, -0.2) is 0 Å². The molecule has 0 aromatic carbocycles. The van der Waals surface area contributed by atoms with E-state index in [2.05, 4.69) is 5.32 Å². The molecule has 3 N–H and O–H groups in total. The van der Waals surface area contributed by atoms with Gasteiger partial charge in [-0.3, -0.25) is 4.79 Å². The van der Waals surface area contributed by atoms with E-state index < -0.39 is 0 Å². The molecule has 0 aromatic heterocycles. The third kappa shape index (κ3) is 1.90. The summed E-state index contributed by atoms with van der Waals surface area (Å²) in [5.41, 5.74) is 5.32. The molecule has 2 fully saturated rings. The van der Waals surface area contributed by atoms with Gasteiger partial charge in [-0.1, -0.05) is 12.2 Å². The zero-order valence-corrected chi connectivity index (χ0v) is 9.03. The monoisotopic (exact) mass is 212 g/mol. The second kappa shape index (κ2) is 3.50. The fourth-order valence-corrected chi connectivity index (χ4v) is 3.22. The molecule has 0 atom stereocenters. The summed E-state index contributed by atoms with van der Waals surface area (Å²) in [6.07, 6.45) is 6.46. The second-order valence-corrected chi connectivity index (χ2v) is 5.11. The Morgan fingerprint density at radius 3 is 2.57 bits per heavy atom. The van der Waals surface area contributed by atoms with E-state index in [4.69, 9.17) is 18.0 Å². The smallest absolute Gasteiger partial charge is 0.224 e. The molecule has 0 spiro atoms. The van der Waals surface area contributed by atoms with Crippen molar-refractivity contribution in [3.8, 4) is 0 Å². The Bertz CT molecular complexity index is 269. The normalized spacial score (nSPS) is 34.4. The number of nitrogens with one attached hydrogen (secondary N) is 1. The van der Waals surface area contributed by atoms with E-state index in [1.54, 1.807) is 0 Å². The molecule has 3 nitrogen and oxygen atoms in total. The number of carbonyl (C=O) groups excluding carboxylic acids is 1. The third-order valence-corrected chi connectivity index (χ3v) is 3.73. The predicted octanol–water partition coefficient (Wildman–Crippen LogP) is 1.11. The van der Waals surface area contributed by atoms with Gasteiger partial charge in [0.15, 0.2) is 0 Å². The lowest BCUT2D eigenvalue weighted by Crippen LogP contribution is -2.45. The maximum absolute atomic E-state index is 10.7. The number of fused-ring (bicyclic) bond motifs is 2. The molecule has 0 saturated heterocycles. The molecule has 0 aromatic rings. The highest BCUT2D eigenvalue weighted by atomic mass is 32.1. The molecule has 2 aliphatic carbocycles. The van der Waals surface area contributed by atoms with Crippen LogP contribution in [0.4, 0.5) is 0 Å². The van der Waals surface area contributed by atoms with Gasteiger partial charge in [0.05, 0.1) is 11.4 Å². The van der Waals surface area contributed by atoms with Crippen molar-refractivity contribution in [3.63, 3.8) is 0 Å². The van der Waals surface area contributed by atoms with Crippen LogP contribution >= 0.6 is 12.2 Å². The summed E-state index contributed by atoms with van der Waals surface area (Å²) in [5, 5.41) is 3.35. The molecule has 14 heavy (non-hydrogen) atoms. The quantitative estimate of drug-likeness (QED) is 0.689. The summed E-state index contributed by atoms with van der Waals surface area (Å²) in [7, 11) is 0. The fourth-order valence-electron chi connectivity index (χ4n) is 2.87. The summed E-state index contributed by atoms with van der Waals surface area (Å²) < 4.78 is 0. The first-order chi connectivity index (χ1) is 6.60. The van der Waals surface area contributed by atoms with Gasteiger partial charge in [-0.2, -0.15) is 0 Å². The molecule has 78 valence electrons. The van der Waals surface area contributed by atoms with Crippen LogP contribution in [0.15, 0.2) is 0 Å². The topological polar surface area (TPSA) is 55.1 Å². The largest absolute Gasteiger partial charge is 0.374 e. The maximum atomic E-state index is 10.7. The maximum Gasteiger partial charge on any atom is 0.224 e. The molecule has 2 saturated carbocycles. The molecule has 0 radical (unpaired) electrons. The Kier molecular flexibility index (Phi) is 2.47. The van der Waals surface area contributed by atoms with Crippen molar-refractivity contribution >= 4 is 23.1 Å². The standard InChI is InChI=1S/C10H16N2OS/c11-8(13)5-9(14)12-10-3-1-7(6-10)2-4-10/h7H,1-6H2,(H2,11,13)(H,12,14). The first-order valence-corrected chi connectivity index (χ1v) is 5.60. The average Bonchev–Trinajstić information content (AvgIpc) is 2.60. The summed E-state index contributed by atoms with van der Waals surface area (Å²) in [6, 6.07) is 0. The Morgan fingerprint density at radius 1 is 1.50 bits per heavy atom. The minimum absolute atomic E-state index is 0.196. The number of nitrogens with two attached hydrogens (primary N) is 1. The summed E-state index contributed by atoms with van der Waals surface area (Å²) in [5.74, 6) is 0.547. The highest BCUT2D eigenvalue weighted by molar-refractivity contribution is 7.80. The van der Waals surface area contributed by atoms with E-state index in [9.17, 15) is 4.79 Å². The zero-order valence-electron chi connectivity index (χ0n) is 8.21. The number of primary amides is 1. The highest BCUT2D eigenvalue weighted by Gasteiger charge is 2.44. The van der Waals surface area contributed by atoms with Crippen molar-refractivity contribution in [2.24, 2.45) is 11.7 Å². The first-order valence-electron chi connectivity index (χ1n) is 5.19. The van der Waals surface area contributed by atoms with E-state index in [0.29, 0.717) is 4.99 Å². The SMILES string of the molecule is NC(=O)CC(=S)NC12CCC(CC1)C2. The van der Waals surface area contributed by atoms with Gasteiger partial charge >= 0.3 is 0 Å². The predicted molar refractivity (Wildman–Crippen MR) is 58.9 cm³/mol. The molecule has 2 bridgehead atoms. The van der Waals surface area contributed by atoms with E-state index in [-0.39, 0.29) is 17.9 Å². The molecular formula is C10H16N2OS. The minimum atomic E-state index is -0.341. The van der Waals surface area contributed by atoms with Gasteiger partial charge in [0.2, 0.25) is 5.91 Å². The van der Waals surface area contributed by atoms with E-state index in [1.165, 1.54) is 32.1 Å². The van der Waals surface area contributed by atoms with Crippen LogP contribution in [-0.4, -0.2) is 16.4 Å². The van der Waals surface area contributed by atoms with Crippen LogP contribution in [0.2, 0.25) is 0 Å². The number of hydrogen-bond acceptors (Lipinski definition) is 2. The second-order valence-electron chi connectivity index (χ2n) is 4.62. The lowest BCUT2D eigenvalue weighted by atomic mass is 9.94. The van der Waals surface area contributed by atoms with Crippen molar-refractivity contribution in [3.05, 3.63) is 0 Å². The average molecular weight is 212 g/mol. The Morgan fingerprint density at radius 2 is 2.14 bits per heavy atom. The number of thiocarbonyl (C=S) groups is 1. The van der Waals surface area contributed by atoms with E-state index in [0.717, 1.165) is 5.92 Å². The van der Waals surface area contributed by atoms with Crippen LogP contribution in [0.3, 0.4) is 0 Å². The number of hydrogen-bond donors (Lipinski definition) is 2. The van der Waals surface area contributed by atoms with Crippen LogP contribution in [0, 0.1) is 5.92 Å². The molecule has 0 heterocycles. The Labute approximate surface area is 89.4 Å². The number of carbonyl (C=O) groups is 1. The van der Waals surface area contributed by atoms with Gasteiger partial charge in [0.25, 0.3) is 0 Å². The molecule has 4 heteroatoms. The summed E-state index contributed by atoms with van der Waals surface area (Å²) >= 11 is 5.11. The zero-order chi connectivity index (χ0) is 10.2. The van der Waals surface area contributed by atoms with Crippen LogP contribution in [-0.2, 0) is 4.79 Å². The summed E-state index contributed by atoms with van der Waals surface area (Å²) in [4.78, 5) is 11.3. The third-order valence-electron chi connectivity index (χ3n) is 3.48. The highest BCUT2D eigenvalue weighted by Crippen LogP contribution is 2.47. The van der Waals surface area contributed by atoms with Gasteiger partial charge < -0.3 is 11.1 Å². The van der Waals surface area contributed by atoms with Crippen LogP contribution in [0.25, 0.3) is 0 Å². The van der Waals surface area contributed by atoms with Crippen molar-refractivity contribution in [1.82, 2.24) is 5.32 Å². The molecule has 2 rings (SSSR count). The van der Waals surface area contributed by atoms with Gasteiger partial charge in [0.1, 0.15) is 0 Å².